The molecule has 0 spiro atoms. The number of carbonyl (C=O) groups excluding carboxylic acids is 1. The summed E-state index contributed by atoms with van der Waals surface area (Å²) >= 11 is 6.11. The number of hydrogen-bond acceptors (Lipinski definition) is 5. The van der Waals surface area contributed by atoms with Crippen molar-refractivity contribution >= 4 is 27.3 Å². The molecule has 1 N–H and O–H groups in total. The lowest BCUT2D eigenvalue weighted by atomic mass is 10.0. The van der Waals surface area contributed by atoms with Gasteiger partial charge < -0.3 is 14.8 Å². The van der Waals surface area contributed by atoms with Crippen LogP contribution in [0.4, 0.5) is 0 Å². The minimum Gasteiger partial charge on any atom is -0.486 e. The van der Waals surface area contributed by atoms with Crippen LogP contribution >= 0.6 is 11.6 Å². The van der Waals surface area contributed by atoms with E-state index in [-0.39, 0.29) is 17.4 Å². The van der Waals surface area contributed by atoms with E-state index < -0.39 is 15.4 Å². The molecule has 1 aromatic rings. The number of hydrogen-bond donors (Lipinski definition) is 1. The number of sulfone groups is 1. The third kappa shape index (κ3) is 3.01. The summed E-state index contributed by atoms with van der Waals surface area (Å²) in [6.07, 6.45) is 0.402. The summed E-state index contributed by atoms with van der Waals surface area (Å²) in [6, 6.07) is 3.06. The Morgan fingerprint density at radius 2 is 2.05 bits per heavy atom. The fraction of sp³-hybridized carbons (Fsp3) is 0.500. The highest BCUT2D eigenvalue weighted by Gasteiger charge is 2.39. The zero-order valence-corrected chi connectivity index (χ0v) is 13.6. The Kier molecular flexibility index (Phi) is 3.72. The topological polar surface area (TPSA) is 81.7 Å². The molecular formula is C14H16ClNO5S. The van der Waals surface area contributed by atoms with Gasteiger partial charge in [-0.05, 0) is 25.5 Å². The number of amides is 1. The van der Waals surface area contributed by atoms with Crippen LogP contribution < -0.4 is 14.8 Å². The smallest absolute Gasteiger partial charge is 0.251 e. The normalized spacial score (nSPS) is 25.7. The van der Waals surface area contributed by atoms with Gasteiger partial charge in [-0.25, -0.2) is 8.42 Å². The maximum absolute atomic E-state index is 12.4. The van der Waals surface area contributed by atoms with Gasteiger partial charge in [-0.15, -0.1) is 0 Å². The highest BCUT2D eigenvalue weighted by Crippen LogP contribution is 2.38. The Hall–Kier alpha value is -1.47. The number of halogens is 1. The zero-order valence-electron chi connectivity index (χ0n) is 12.0. The molecule has 0 radical (unpaired) electrons. The van der Waals surface area contributed by atoms with Gasteiger partial charge in [0.25, 0.3) is 5.91 Å². The summed E-state index contributed by atoms with van der Waals surface area (Å²) in [5, 5.41) is 3.09. The number of rotatable bonds is 2. The van der Waals surface area contributed by atoms with Gasteiger partial charge >= 0.3 is 0 Å². The average molecular weight is 346 g/mol. The monoisotopic (exact) mass is 345 g/mol. The number of fused-ring (bicyclic) bond motifs is 1. The van der Waals surface area contributed by atoms with Crippen molar-refractivity contribution in [3.63, 3.8) is 0 Å². The second-order valence-electron chi connectivity index (χ2n) is 5.84. The van der Waals surface area contributed by atoms with Crippen LogP contribution in [0.3, 0.4) is 0 Å². The van der Waals surface area contributed by atoms with Crippen LogP contribution in [-0.4, -0.2) is 44.6 Å². The first kappa shape index (κ1) is 15.4. The number of nitrogens with one attached hydrogen (secondary N) is 1. The van der Waals surface area contributed by atoms with Crippen molar-refractivity contribution in [1.29, 1.82) is 0 Å². The molecule has 0 aliphatic carbocycles. The van der Waals surface area contributed by atoms with Gasteiger partial charge in [-0.1, -0.05) is 11.6 Å². The van der Waals surface area contributed by atoms with Gasteiger partial charge in [0.15, 0.2) is 21.3 Å². The van der Waals surface area contributed by atoms with E-state index in [1.807, 2.05) is 0 Å². The maximum Gasteiger partial charge on any atom is 0.251 e. The van der Waals surface area contributed by atoms with Crippen LogP contribution in [0, 0.1) is 0 Å². The molecule has 1 aromatic carbocycles. The molecule has 0 bridgehead atoms. The molecule has 2 aliphatic heterocycles. The molecule has 0 unspecified atom stereocenters. The van der Waals surface area contributed by atoms with E-state index in [0.717, 1.165) is 0 Å². The van der Waals surface area contributed by atoms with E-state index in [4.69, 9.17) is 21.1 Å². The van der Waals surface area contributed by atoms with Gasteiger partial charge in [0.1, 0.15) is 13.2 Å². The van der Waals surface area contributed by atoms with Crippen LogP contribution in [0.25, 0.3) is 0 Å². The predicted octanol–water partition coefficient (Wildman–Crippen LogP) is 1.42. The lowest BCUT2D eigenvalue weighted by Crippen LogP contribution is -2.46. The van der Waals surface area contributed by atoms with Crippen molar-refractivity contribution < 1.29 is 22.7 Å². The predicted molar refractivity (Wildman–Crippen MR) is 81.6 cm³/mol. The minimum absolute atomic E-state index is 0.0516. The summed E-state index contributed by atoms with van der Waals surface area (Å²) in [4.78, 5) is 12.4. The van der Waals surface area contributed by atoms with Crippen LogP contribution in [-0.2, 0) is 9.84 Å². The van der Waals surface area contributed by atoms with Gasteiger partial charge in [-0.2, -0.15) is 0 Å². The van der Waals surface area contributed by atoms with Crippen LogP contribution in [0.1, 0.15) is 23.7 Å². The van der Waals surface area contributed by atoms with Crippen LogP contribution in [0.2, 0.25) is 5.02 Å². The molecule has 2 aliphatic rings. The van der Waals surface area contributed by atoms with Gasteiger partial charge in [0.2, 0.25) is 0 Å². The third-order valence-corrected chi connectivity index (χ3v) is 5.96. The van der Waals surface area contributed by atoms with E-state index in [9.17, 15) is 13.2 Å². The highest BCUT2D eigenvalue weighted by molar-refractivity contribution is 7.91. The summed E-state index contributed by atoms with van der Waals surface area (Å²) in [6.45, 7) is 2.54. The number of benzene rings is 1. The number of ether oxygens (including phenoxy) is 2. The third-order valence-electron chi connectivity index (χ3n) is 3.78. The summed E-state index contributed by atoms with van der Waals surface area (Å²) < 4.78 is 34.0. The molecule has 120 valence electrons. The fourth-order valence-electron chi connectivity index (χ4n) is 2.70. The molecule has 22 heavy (non-hydrogen) atoms. The summed E-state index contributed by atoms with van der Waals surface area (Å²) in [5.41, 5.74) is -0.435. The second kappa shape index (κ2) is 5.31. The molecule has 6 nitrogen and oxygen atoms in total. The maximum atomic E-state index is 12.4. The largest absolute Gasteiger partial charge is 0.486 e. The molecule has 0 saturated carbocycles. The molecule has 8 heteroatoms. The molecule has 1 atom stereocenters. The zero-order chi connectivity index (χ0) is 16.0. The van der Waals surface area contributed by atoms with Crippen molar-refractivity contribution in [3.8, 4) is 11.5 Å². The minimum atomic E-state index is -3.09. The van der Waals surface area contributed by atoms with E-state index in [2.05, 4.69) is 5.32 Å². The van der Waals surface area contributed by atoms with Crippen molar-refractivity contribution in [2.24, 2.45) is 0 Å². The van der Waals surface area contributed by atoms with E-state index in [1.165, 1.54) is 6.07 Å². The second-order valence-corrected chi connectivity index (χ2v) is 8.43. The van der Waals surface area contributed by atoms with Gasteiger partial charge in [0.05, 0.1) is 22.1 Å². The van der Waals surface area contributed by atoms with Crippen LogP contribution in [0.5, 0.6) is 11.5 Å². The average Bonchev–Trinajstić information content (AvgIpc) is 2.72. The quantitative estimate of drug-likeness (QED) is 0.876. The Balaban J connectivity index is 1.83. The molecular weight excluding hydrogens is 330 g/mol. The molecule has 3 rings (SSSR count). The van der Waals surface area contributed by atoms with Crippen molar-refractivity contribution in [2.75, 3.05) is 24.7 Å². The molecule has 1 fully saturated rings. The van der Waals surface area contributed by atoms with Crippen molar-refractivity contribution in [3.05, 3.63) is 22.7 Å². The first-order valence-electron chi connectivity index (χ1n) is 6.90. The molecule has 0 aromatic heterocycles. The highest BCUT2D eigenvalue weighted by atomic mass is 35.5. The van der Waals surface area contributed by atoms with E-state index >= 15 is 0 Å². The SMILES string of the molecule is C[C@]1(NC(=O)c2cc(Cl)c3c(c2)OCCO3)CCS(=O)(=O)C1. The van der Waals surface area contributed by atoms with Gasteiger partial charge in [-0.3, -0.25) is 4.79 Å². The fourth-order valence-corrected chi connectivity index (χ4v) is 5.06. The Morgan fingerprint density at radius 1 is 1.32 bits per heavy atom. The first-order valence-corrected chi connectivity index (χ1v) is 9.10. The number of carbonyl (C=O) groups is 1. The standard InChI is InChI=1S/C14H16ClNO5S/c1-14(2-5-22(18,19)8-14)16-13(17)9-6-10(15)12-11(7-9)20-3-4-21-12/h6-7H,2-5,8H2,1H3,(H,16,17)/t14-/m0/s1. The molecule has 1 amide bonds. The first-order chi connectivity index (χ1) is 10.3. The van der Waals surface area contributed by atoms with E-state index in [1.54, 1.807) is 13.0 Å². The Morgan fingerprint density at radius 3 is 2.73 bits per heavy atom. The van der Waals surface area contributed by atoms with Crippen molar-refractivity contribution in [2.45, 2.75) is 18.9 Å². The summed E-state index contributed by atoms with van der Waals surface area (Å²) in [5.74, 6) is 0.515. The Bertz CT molecular complexity index is 733. The lowest BCUT2D eigenvalue weighted by Gasteiger charge is -2.25. The van der Waals surface area contributed by atoms with Gasteiger partial charge in [0, 0.05) is 5.56 Å². The molecule has 2 heterocycles. The van der Waals surface area contributed by atoms with Crippen molar-refractivity contribution in [1.82, 2.24) is 5.32 Å². The molecule has 1 saturated heterocycles. The van der Waals surface area contributed by atoms with E-state index in [0.29, 0.717) is 41.7 Å². The Labute approximate surface area is 133 Å². The summed E-state index contributed by atoms with van der Waals surface area (Å²) in [7, 11) is -3.09. The lowest BCUT2D eigenvalue weighted by molar-refractivity contribution is 0.0914. The van der Waals surface area contributed by atoms with Crippen LogP contribution in [0.15, 0.2) is 12.1 Å².